The standard InChI is InChI=1S/C20H24FN5O3/c1-20(2,3)29-19(28)24-10-7-13-11-25(16(13)12-24)18(27)17-14(21)5-4-6-15(17)26-22-8-9-23-26/h4-6,8-9,13,16H,7,10-12H2,1-3H3. The average Bonchev–Trinajstić information content (AvgIpc) is 3.15. The third kappa shape index (κ3) is 3.68. The lowest BCUT2D eigenvalue weighted by Gasteiger charge is -2.53. The molecule has 2 atom stereocenters. The molecule has 1 aromatic carbocycles. The van der Waals surface area contributed by atoms with Crippen LogP contribution < -0.4 is 0 Å². The Balaban J connectivity index is 1.54. The summed E-state index contributed by atoms with van der Waals surface area (Å²) >= 11 is 0. The third-order valence-electron chi connectivity index (χ3n) is 5.31. The highest BCUT2D eigenvalue weighted by atomic mass is 19.1. The van der Waals surface area contributed by atoms with E-state index in [1.807, 2.05) is 20.8 Å². The van der Waals surface area contributed by atoms with Crippen LogP contribution in [0.4, 0.5) is 9.18 Å². The van der Waals surface area contributed by atoms with Crippen molar-refractivity contribution >= 4 is 12.0 Å². The molecule has 0 radical (unpaired) electrons. The summed E-state index contributed by atoms with van der Waals surface area (Å²) in [4.78, 5) is 30.1. The van der Waals surface area contributed by atoms with E-state index in [0.29, 0.717) is 31.2 Å². The molecule has 8 nitrogen and oxygen atoms in total. The quantitative estimate of drug-likeness (QED) is 0.772. The van der Waals surface area contributed by atoms with E-state index in [4.69, 9.17) is 4.74 Å². The Bertz CT molecular complexity index is 925. The molecular formula is C20H24FN5O3. The van der Waals surface area contributed by atoms with Gasteiger partial charge in [-0.3, -0.25) is 4.79 Å². The zero-order valence-electron chi connectivity index (χ0n) is 16.7. The normalized spacial score (nSPS) is 21.4. The number of nitrogens with zero attached hydrogens (tertiary/aromatic N) is 5. The van der Waals surface area contributed by atoms with Crippen molar-refractivity contribution in [2.45, 2.75) is 38.8 Å². The lowest BCUT2D eigenvalue weighted by atomic mass is 9.82. The number of fused-ring (bicyclic) bond motifs is 1. The molecule has 2 aromatic rings. The minimum absolute atomic E-state index is 0.0588. The molecule has 9 heteroatoms. The molecule has 0 N–H and O–H groups in total. The number of hydrogen-bond donors (Lipinski definition) is 0. The number of amides is 2. The van der Waals surface area contributed by atoms with Crippen LogP contribution in [0.5, 0.6) is 0 Å². The highest BCUT2D eigenvalue weighted by Crippen LogP contribution is 2.35. The van der Waals surface area contributed by atoms with E-state index in [0.717, 1.165) is 6.42 Å². The lowest BCUT2D eigenvalue weighted by Crippen LogP contribution is -2.66. The summed E-state index contributed by atoms with van der Waals surface area (Å²) in [5.74, 6) is -0.730. The molecule has 0 bridgehead atoms. The summed E-state index contributed by atoms with van der Waals surface area (Å²) in [5.41, 5.74) is -0.346. The van der Waals surface area contributed by atoms with Gasteiger partial charge in [0.25, 0.3) is 5.91 Å². The van der Waals surface area contributed by atoms with Crippen molar-refractivity contribution in [2.24, 2.45) is 5.92 Å². The lowest BCUT2D eigenvalue weighted by molar-refractivity contribution is -0.0387. The maximum absolute atomic E-state index is 14.6. The third-order valence-corrected chi connectivity index (χ3v) is 5.31. The first kappa shape index (κ1) is 19.4. The predicted octanol–water partition coefficient (Wildman–Crippen LogP) is 2.49. The summed E-state index contributed by atoms with van der Waals surface area (Å²) in [6, 6.07) is 4.24. The topological polar surface area (TPSA) is 80.6 Å². The van der Waals surface area contributed by atoms with Crippen LogP contribution in [0.3, 0.4) is 0 Å². The van der Waals surface area contributed by atoms with Crippen LogP contribution in [0, 0.1) is 11.7 Å². The monoisotopic (exact) mass is 401 g/mol. The van der Waals surface area contributed by atoms with Crippen LogP contribution >= 0.6 is 0 Å². The van der Waals surface area contributed by atoms with E-state index >= 15 is 0 Å². The van der Waals surface area contributed by atoms with Gasteiger partial charge in [-0.15, -0.1) is 0 Å². The number of benzene rings is 1. The Morgan fingerprint density at radius 2 is 1.90 bits per heavy atom. The van der Waals surface area contributed by atoms with Crippen molar-refractivity contribution in [1.82, 2.24) is 24.8 Å². The van der Waals surface area contributed by atoms with Crippen LogP contribution in [0.1, 0.15) is 37.6 Å². The number of halogens is 1. The van der Waals surface area contributed by atoms with Crippen molar-refractivity contribution < 1.29 is 18.7 Å². The van der Waals surface area contributed by atoms with Gasteiger partial charge < -0.3 is 14.5 Å². The Hall–Kier alpha value is -2.97. The first-order valence-corrected chi connectivity index (χ1v) is 9.69. The second kappa shape index (κ2) is 7.13. The Labute approximate surface area is 168 Å². The molecule has 0 aliphatic carbocycles. The maximum atomic E-state index is 14.6. The number of ether oxygens (including phenoxy) is 1. The van der Waals surface area contributed by atoms with Crippen LogP contribution in [-0.4, -0.2) is 68.1 Å². The predicted molar refractivity (Wildman–Crippen MR) is 102 cm³/mol. The molecule has 4 rings (SSSR count). The van der Waals surface area contributed by atoms with E-state index in [1.54, 1.807) is 15.9 Å². The minimum atomic E-state index is -0.618. The van der Waals surface area contributed by atoms with Gasteiger partial charge >= 0.3 is 6.09 Å². The van der Waals surface area contributed by atoms with Crippen molar-refractivity contribution in [3.8, 4) is 5.69 Å². The zero-order valence-corrected chi connectivity index (χ0v) is 16.7. The van der Waals surface area contributed by atoms with Gasteiger partial charge in [0.1, 0.15) is 22.7 Å². The van der Waals surface area contributed by atoms with Gasteiger partial charge in [-0.1, -0.05) is 6.07 Å². The van der Waals surface area contributed by atoms with Gasteiger partial charge in [0, 0.05) is 25.6 Å². The number of hydrogen-bond acceptors (Lipinski definition) is 5. The SMILES string of the molecule is CC(C)(C)OC(=O)N1CCC2CN(C(=O)c3c(F)cccc3-n3nccn3)C2C1. The van der Waals surface area contributed by atoms with Gasteiger partial charge in [0.05, 0.1) is 18.4 Å². The molecule has 2 aliphatic rings. The molecule has 2 saturated heterocycles. The first-order chi connectivity index (χ1) is 13.7. The number of carbonyl (C=O) groups is 2. The first-order valence-electron chi connectivity index (χ1n) is 9.69. The van der Waals surface area contributed by atoms with Crippen LogP contribution in [0.15, 0.2) is 30.6 Å². The highest BCUT2D eigenvalue weighted by molar-refractivity contribution is 5.98. The molecule has 2 unspecified atom stereocenters. The van der Waals surface area contributed by atoms with Crippen molar-refractivity contribution in [2.75, 3.05) is 19.6 Å². The van der Waals surface area contributed by atoms with Crippen molar-refractivity contribution in [1.29, 1.82) is 0 Å². The smallest absolute Gasteiger partial charge is 0.410 e. The Morgan fingerprint density at radius 1 is 1.17 bits per heavy atom. The molecule has 0 saturated carbocycles. The van der Waals surface area contributed by atoms with Crippen LogP contribution in [-0.2, 0) is 4.74 Å². The molecule has 2 fully saturated rings. The van der Waals surface area contributed by atoms with Crippen LogP contribution in [0.2, 0.25) is 0 Å². The van der Waals surface area contributed by atoms with Gasteiger partial charge in [-0.05, 0) is 39.3 Å². The average molecular weight is 401 g/mol. The fraction of sp³-hybridized carbons (Fsp3) is 0.500. The summed E-state index contributed by atoms with van der Waals surface area (Å²) in [5, 5.41) is 8.05. The summed E-state index contributed by atoms with van der Waals surface area (Å²) < 4.78 is 20.1. The van der Waals surface area contributed by atoms with Crippen molar-refractivity contribution in [3.05, 3.63) is 42.0 Å². The molecule has 1 aromatic heterocycles. The fourth-order valence-corrected chi connectivity index (χ4v) is 3.90. The number of aromatic nitrogens is 3. The second-order valence-electron chi connectivity index (χ2n) is 8.45. The largest absolute Gasteiger partial charge is 0.444 e. The number of likely N-dealkylation sites (tertiary alicyclic amines) is 2. The van der Waals surface area contributed by atoms with Gasteiger partial charge in [-0.2, -0.15) is 15.0 Å². The summed E-state index contributed by atoms with van der Waals surface area (Å²) in [7, 11) is 0. The zero-order chi connectivity index (χ0) is 20.8. The number of rotatable bonds is 2. The van der Waals surface area contributed by atoms with Gasteiger partial charge in [0.2, 0.25) is 0 Å². The summed E-state index contributed by atoms with van der Waals surface area (Å²) in [6.45, 7) is 6.99. The summed E-state index contributed by atoms with van der Waals surface area (Å²) in [6.07, 6.45) is 3.35. The Morgan fingerprint density at radius 3 is 2.59 bits per heavy atom. The van der Waals surface area contributed by atoms with E-state index in [1.165, 1.54) is 29.3 Å². The van der Waals surface area contributed by atoms with Gasteiger partial charge in [0.15, 0.2) is 0 Å². The van der Waals surface area contributed by atoms with E-state index < -0.39 is 17.3 Å². The molecule has 154 valence electrons. The Kier molecular flexibility index (Phi) is 4.76. The van der Waals surface area contributed by atoms with E-state index in [2.05, 4.69) is 10.2 Å². The molecule has 2 amide bonds. The van der Waals surface area contributed by atoms with Crippen molar-refractivity contribution in [3.63, 3.8) is 0 Å². The fourth-order valence-electron chi connectivity index (χ4n) is 3.90. The van der Waals surface area contributed by atoms with E-state index in [9.17, 15) is 14.0 Å². The highest BCUT2D eigenvalue weighted by Gasteiger charge is 2.47. The molecule has 0 spiro atoms. The number of carbonyl (C=O) groups excluding carboxylic acids is 2. The second-order valence-corrected chi connectivity index (χ2v) is 8.45. The van der Waals surface area contributed by atoms with Crippen LogP contribution in [0.25, 0.3) is 5.69 Å². The molecule has 3 heterocycles. The molecule has 29 heavy (non-hydrogen) atoms. The molecular weight excluding hydrogens is 377 g/mol. The minimum Gasteiger partial charge on any atom is -0.444 e. The van der Waals surface area contributed by atoms with Gasteiger partial charge in [-0.25, -0.2) is 9.18 Å². The number of piperidine rings is 1. The van der Waals surface area contributed by atoms with E-state index in [-0.39, 0.29) is 17.7 Å². The maximum Gasteiger partial charge on any atom is 0.410 e. The molecule has 2 aliphatic heterocycles.